The van der Waals surface area contributed by atoms with E-state index in [9.17, 15) is 0 Å². The van der Waals surface area contributed by atoms with Gasteiger partial charge in [0.2, 0.25) is 5.76 Å². The Morgan fingerprint density at radius 2 is 2.56 bits per heavy atom. The minimum Gasteiger partial charge on any atom is -0.454 e. The van der Waals surface area contributed by atoms with Gasteiger partial charge in [-0.05, 0) is 6.07 Å². The van der Waals surface area contributed by atoms with Crippen LogP contribution in [0.25, 0.3) is 0 Å². The highest BCUT2D eigenvalue weighted by molar-refractivity contribution is 9.08. The fourth-order valence-corrected chi connectivity index (χ4v) is 0.981. The lowest BCUT2D eigenvalue weighted by Gasteiger charge is -1.82. The molecule has 0 radical (unpaired) electrons. The summed E-state index contributed by atoms with van der Waals surface area (Å²) in [6.07, 6.45) is 1.51. The average Bonchev–Trinajstić information content (AvgIpc) is 2.33. The second-order valence-corrected chi connectivity index (χ2v) is 2.08. The van der Waals surface area contributed by atoms with Crippen LogP contribution < -0.4 is 0 Å². The highest BCUT2D eigenvalue weighted by Crippen LogP contribution is 2.11. The Bertz CT molecular complexity index is 235. The molecule has 0 aliphatic carbocycles. The summed E-state index contributed by atoms with van der Waals surface area (Å²) in [5.41, 5.74) is 0.900. The zero-order valence-corrected chi connectivity index (χ0v) is 6.18. The molecule has 0 N–H and O–H groups in total. The van der Waals surface area contributed by atoms with Crippen LogP contribution in [0.15, 0.2) is 16.7 Å². The molecular weight excluding hydrogens is 182 g/mol. The van der Waals surface area contributed by atoms with Crippen LogP contribution in [0.2, 0.25) is 0 Å². The van der Waals surface area contributed by atoms with Gasteiger partial charge in [-0.1, -0.05) is 15.9 Å². The van der Waals surface area contributed by atoms with Crippen molar-refractivity contribution >= 4 is 15.9 Å². The molecule has 2 nitrogen and oxygen atoms in total. The normalized spacial score (nSPS) is 8.89. The molecule has 0 spiro atoms. The lowest BCUT2D eigenvalue weighted by Crippen LogP contribution is -1.74. The molecule has 0 bridgehead atoms. The van der Waals surface area contributed by atoms with Crippen molar-refractivity contribution in [1.82, 2.24) is 0 Å². The zero-order valence-electron chi connectivity index (χ0n) is 4.60. The van der Waals surface area contributed by atoms with Gasteiger partial charge in [0.05, 0.1) is 6.26 Å². The number of alkyl halides is 1. The minimum atomic E-state index is 0.395. The fourth-order valence-electron chi connectivity index (χ4n) is 0.539. The van der Waals surface area contributed by atoms with Gasteiger partial charge in [-0.25, -0.2) is 0 Å². The summed E-state index contributed by atoms with van der Waals surface area (Å²) in [6, 6.07) is 3.70. The molecule has 1 heterocycles. The highest BCUT2D eigenvalue weighted by Gasteiger charge is 2.00. The summed E-state index contributed by atoms with van der Waals surface area (Å²) in [5.74, 6) is 0.395. The Labute approximate surface area is 61.2 Å². The maximum atomic E-state index is 8.37. The Morgan fingerprint density at radius 3 is 3.00 bits per heavy atom. The molecule has 0 atom stereocenters. The summed E-state index contributed by atoms with van der Waals surface area (Å²) < 4.78 is 4.81. The van der Waals surface area contributed by atoms with Crippen LogP contribution in [0.3, 0.4) is 0 Å². The van der Waals surface area contributed by atoms with E-state index in [1.165, 1.54) is 6.26 Å². The molecule has 0 aromatic carbocycles. The Hall–Kier alpha value is -0.750. The van der Waals surface area contributed by atoms with Gasteiger partial charge < -0.3 is 4.42 Å². The molecular formula is C6H4BrNO. The van der Waals surface area contributed by atoms with Crippen molar-refractivity contribution in [2.75, 3.05) is 0 Å². The standard InChI is InChI=1S/C6H4BrNO/c7-3-5-1-2-9-6(5)4-8/h1-2H,3H2. The van der Waals surface area contributed by atoms with Crippen LogP contribution in [-0.2, 0) is 5.33 Å². The molecule has 0 saturated carbocycles. The summed E-state index contributed by atoms with van der Waals surface area (Å²) in [4.78, 5) is 0. The summed E-state index contributed by atoms with van der Waals surface area (Å²) >= 11 is 3.22. The summed E-state index contributed by atoms with van der Waals surface area (Å²) in [5, 5.41) is 9.05. The third-order valence-corrected chi connectivity index (χ3v) is 1.60. The first-order valence-electron chi connectivity index (χ1n) is 2.41. The largest absolute Gasteiger partial charge is 0.454 e. The van der Waals surface area contributed by atoms with E-state index in [-0.39, 0.29) is 0 Å². The molecule has 46 valence electrons. The Kier molecular flexibility index (Phi) is 1.91. The van der Waals surface area contributed by atoms with Crippen molar-refractivity contribution < 1.29 is 4.42 Å². The van der Waals surface area contributed by atoms with Gasteiger partial charge in [0.25, 0.3) is 0 Å². The molecule has 1 rings (SSSR count). The lowest BCUT2D eigenvalue weighted by molar-refractivity contribution is 0.550. The van der Waals surface area contributed by atoms with E-state index in [0.29, 0.717) is 11.1 Å². The van der Waals surface area contributed by atoms with Crippen LogP contribution >= 0.6 is 15.9 Å². The number of rotatable bonds is 1. The van der Waals surface area contributed by atoms with Crippen molar-refractivity contribution in [2.45, 2.75) is 5.33 Å². The molecule has 0 aliphatic rings. The van der Waals surface area contributed by atoms with Gasteiger partial charge in [0, 0.05) is 10.9 Å². The maximum absolute atomic E-state index is 8.37. The van der Waals surface area contributed by atoms with E-state index >= 15 is 0 Å². The first-order valence-corrected chi connectivity index (χ1v) is 3.53. The van der Waals surface area contributed by atoms with Gasteiger partial charge in [0.15, 0.2) is 0 Å². The minimum absolute atomic E-state index is 0.395. The van der Waals surface area contributed by atoms with Crippen molar-refractivity contribution in [3.8, 4) is 6.07 Å². The van der Waals surface area contributed by atoms with Crippen molar-refractivity contribution in [3.05, 3.63) is 23.7 Å². The van der Waals surface area contributed by atoms with Crippen molar-refractivity contribution in [1.29, 1.82) is 5.26 Å². The molecule has 0 unspecified atom stereocenters. The molecule has 3 heteroatoms. The van der Waals surface area contributed by atoms with Crippen LogP contribution in [0.1, 0.15) is 11.3 Å². The van der Waals surface area contributed by atoms with Gasteiger partial charge in [-0.2, -0.15) is 5.26 Å². The van der Waals surface area contributed by atoms with E-state index in [1.807, 2.05) is 6.07 Å². The molecule has 0 aliphatic heterocycles. The van der Waals surface area contributed by atoms with Gasteiger partial charge in [-0.3, -0.25) is 0 Å². The molecule has 1 aromatic rings. The number of nitriles is 1. The molecule has 9 heavy (non-hydrogen) atoms. The number of hydrogen-bond acceptors (Lipinski definition) is 2. The number of hydrogen-bond donors (Lipinski definition) is 0. The fraction of sp³-hybridized carbons (Fsp3) is 0.167. The van der Waals surface area contributed by atoms with Gasteiger partial charge in [0.1, 0.15) is 6.07 Å². The van der Waals surface area contributed by atoms with Crippen LogP contribution in [-0.4, -0.2) is 0 Å². The Morgan fingerprint density at radius 1 is 1.78 bits per heavy atom. The van der Waals surface area contributed by atoms with Gasteiger partial charge in [-0.15, -0.1) is 0 Å². The van der Waals surface area contributed by atoms with Crippen LogP contribution in [0.5, 0.6) is 0 Å². The van der Waals surface area contributed by atoms with Crippen molar-refractivity contribution in [2.24, 2.45) is 0 Å². The van der Waals surface area contributed by atoms with Crippen LogP contribution in [0, 0.1) is 11.3 Å². The average molecular weight is 186 g/mol. The van der Waals surface area contributed by atoms with E-state index in [0.717, 1.165) is 5.56 Å². The molecule has 1 aromatic heterocycles. The third-order valence-electron chi connectivity index (χ3n) is 0.992. The number of furan rings is 1. The maximum Gasteiger partial charge on any atom is 0.207 e. The second kappa shape index (κ2) is 2.70. The summed E-state index contributed by atoms with van der Waals surface area (Å²) in [6.45, 7) is 0. The van der Waals surface area contributed by atoms with E-state index in [4.69, 9.17) is 9.68 Å². The number of halogens is 1. The SMILES string of the molecule is N#Cc1occc1CBr. The van der Waals surface area contributed by atoms with Gasteiger partial charge >= 0.3 is 0 Å². The van der Waals surface area contributed by atoms with Crippen LogP contribution in [0.4, 0.5) is 0 Å². The second-order valence-electron chi connectivity index (χ2n) is 1.52. The Balaban J connectivity index is 3.02. The predicted octanol–water partition coefficient (Wildman–Crippen LogP) is 2.05. The smallest absolute Gasteiger partial charge is 0.207 e. The summed E-state index contributed by atoms with van der Waals surface area (Å²) in [7, 11) is 0. The third kappa shape index (κ3) is 1.14. The first kappa shape index (κ1) is 6.37. The topological polar surface area (TPSA) is 36.9 Å². The highest BCUT2D eigenvalue weighted by atomic mass is 79.9. The molecule has 0 amide bonds. The molecule has 0 saturated heterocycles. The monoisotopic (exact) mass is 185 g/mol. The van der Waals surface area contributed by atoms with E-state index < -0.39 is 0 Å². The first-order chi connectivity index (χ1) is 4.38. The number of nitrogens with zero attached hydrogens (tertiary/aromatic N) is 1. The van der Waals surface area contributed by atoms with E-state index in [1.54, 1.807) is 6.07 Å². The lowest BCUT2D eigenvalue weighted by atomic mass is 10.3. The predicted molar refractivity (Wildman–Crippen MR) is 36.1 cm³/mol. The van der Waals surface area contributed by atoms with Crippen molar-refractivity contribution in [3.63, 3.8) is 0 Å². The van der Waals surface area contributed by atoms with E-state index in [2.05, 4.69) is 15.9 Å². The quantitative estimate of drug-likeness (QED) is 0.629. The zero-order chi connectivity index (χ0) is 6.69. The molecule has 0 fully saturated rings.